The number of nitrogen functional groups attached to an aromatic ring is 1. The third kappa shape index (κ3) is 4.61. The Kier molecular flexibility index (Phi) is 6.74. The molecule has 12 nitrogen and oxygen atoms in total. The number of hydrogen-bond donors (Lipinski definition) is 3. The van der Waals surface area contributed by atoms with Crippen molar-refractivity contribution in [1.82, 2.24) is 15.2 Å². The van der Waals surface area contributed by atoms with E-state index >= 15 is 0 Å². The number of nitrogens with zero attached hydrogens (tertiary/aromatic N) is 3. The topological polar surface area (TPSA) is 174 Å². The molecular weight excluding hydrogens is 457 g/mol. The van der Waals surface area contributed by atoms with Crippen LogP contribution in [0.15, 0.2) is 21.8 Å². The van der Waals surface area contributed by atoms with Crippen molar-refractivity contribution in [2.45, 2.75) is 18.3 Å². The molecule has 0 bridgehead atoms. The molecule has 0 spiro atoms. The number of halogens is 1. The molecule has 3 rings (SSSR count). The van der Waals surface area contributed by atoms with Gasteiger partial charge in [-0.1, -0.05) is 5.16 Å². The lowest BCUT2D eigenvalue weighted by atomic mass is 10.0. The van der Waals surface area contributed by atoms with Crippen molar-refractivity contribution < 1.29 is 38.2 Å². The van der Waals surface area contributed by atoms with Crippen molar-refractivity contribution in [3.05, 3.63) is 22.3 Å². The quantitative estimate of drug-likeness (QED) is 0.196. The molecule has 1 aromatic heterocycles. The Labute approximate surface area is 182 Å². The van der Waals surface area contributed by atoms with Gasteiger partial charge in [0.05, 0.1) is 0 Å². The van der Waals surface area contributed by atoms with E-state index < -0.39 is 42.0 Å². The number of esters is 1. The number of amides is 2. The molecule has 0 saturated carbocycles. The minimum Gasteiger partial charge on any atom is -0.477 e. The molecule has 1 fully saturated rings. The molecule has 2 amide bonds. The fourth-order valence-corrected chi connectivity index (χ4v) is 4.76. The maximum absolute atomic E-state index is 12.7. The van der Waals surface area contributed by atoms with Crippen LogP contribution in [0.25, 0.3) is 0 Å². The number of carbonyl (C=O) groups excluding carboxylic acids is 3. The number of carboxylic acid groups (broad SMARTS) is 1. The average molecular weight is 473 g/mol. The fraction of sp³-hybridized carbons (Fsp3) is 0.375. The zero-order chi connectivity index (χ0) is 22.7. The van der Waals surface area contributed by atoms with Crippen molar-refractivity contribution in [1.29, 1.82) is 0 Å². The Morgan fingerprint density at radius 2 is 2.23 bits per heavy atom. The second-order valence-corrected chi connectivity index (χ2v) is 8.14. The number of β-lactam (4-membered cyclic amide) rings is 1. The van der Waals surface area contributed by atoms with Crippen LogP contribution in [0.4, 0.5) is 9.52 Å². The molecule has 1 aromatic rings. The molecule has 0 unspecified atom stereocenters. The number of fused-ring (bicyclic) bond motifs is 1. The van der Waals surface area contributed by atoms with Crippen molar-refractivity contribution in [2.75, 3.05) is 25.0 Å². The van der Waals surface area contributed by atoms with Crippen molar-refractivity contribution >= 4 is 57.7 Å². The highest BCUT2D eigenvalue weighted by atomic mass is 32.2. The number of thiazole rings is 1. The first kappa shape index (κ1) is 22.5. The lowest BCUT2D eigenvalue weighted by Crippen LogP contribution is -2.71. The molecule has 15 heteroatoms. The Balaban J connectivity index is 1.78. The summed E-state index contributed by atoms with van der Waals surface area (Å²) in [5.41, 5.74) is 5.16. The number of alkyl halides is 1. The number of rotatable bonds is 8. The van der Waals surface area contributed by atoms with E-state index in [9.17, 15) is 28.7 Å². The van der Waals surface area contributed by atoms with Gasteiger partial charge in [-0.2, -0.15) is 0 Å². The van der Waals surface area contributed by atoms with Gasteiger partial charge in [-0.05, 0) is 0 Å². The van der Waals surface area contributed by atoms with E-state index in [0.717, 1.165) is 16.2 Å². The first-order chi connectivity index (χ1) is 14.7. The first-order valence-corrected chi connectivity index (χ1v) is 10.5. The average Bonchev–Trinajstić information content (AvgIpc) is 3.15. The summed E-state index contributed by atoms with van der Waals surface area (Å²) in [6, 6.07) is -1.06. The van der Waals surface area contributed by atoms with Gasteiger partial charge in [0.25, 0.3) is 18.7 Å². The summed E-state index contributed by atoms with van der Waals surface area (Å²) in [4.78, 5) is 57.3. The summed E-state index contributed by atoms with van der Waals surface area (Å²) in [7, 11) is 0. The zero-order valence-electron chi connectivity index (χ0n) is 15.9. The lowest BCUT2D eigenvalue weighted by Gasteiger charge is -2.49. The Hall–Kier alpha value is -3.20. The second kappa shape index (κ2) is 9.30. The third-order valence-corrected chi connectivity index (χ3v) is 6.18. The molecule has 1 saturated heterocycles. The smallest absolute Gasteiger partial charge is 0.352 e. The largest absolute Gasteiger partial charge is 0.477 e. The number of aromatic nitrogens is 1. The highest BCUT2D eigenvalue weighted by Gasteiger charge is 2.54. The predicted molar refractivity (Wildman–Crippen MR) is 106 cm³/mol. The van der Waals surface area contributed by atoms with E-state index in [1.54, 1.807) is 0 Å². The van der Waals surface area contributed by atoms with Gasteiger partial charge in [0.15, 0.2) is 10.8 Å². The number of nitrogens with one attached hydrogen (secondary N) is 1. The highest BCUT2D eigenvalue weighted by Crippen LogP contribution is 2.40. The van der Waals surface area contributed by atoms with Crippen LogP contribution in [0.1, 0.15) is 12.6 Å². The van der Waals surface area contributed by atoms with Gasteiger partial charge in [0, 0.05) is 23.6 Å². The maximum atomic E-state index is 12.7. The minimum absolute atomic E-state index is 0.0307. The number of thioether (sulfide) groups is 1. The summed E-state index contributed by atoms with van der Waals surface area (Å²) < 4.78 is 17.2. The van der Waals surface area contributed by atoms with Gasteiger partial charge in [-0.25, -0.2) is 14.2 Å². The molecule has 2 atom stereocenters. The molecule has 3 heterocycles. The summed E-state index contributed by atoms with van der Waals surface area (Å²) in [5.74, 6) is -3.32. The molecule has 166 valence electrons. The highest BCUT2D eigenvalue weighted by molar-refractivity contribution is 8.00. The van der Waals surface area contributed by atoms with Gasteiger partial charge in [-0.15, -0.1) is 23.1 Å². The number of aliphatic carboxylic acids is 1. The van der Waals surface area contributed by atoms with Crippen LogP contribution < -0.4 is 11.1 Å². The summed E-state index contributed by atoms with van der Waals surface area (Å²) in [6.07, 6.45) is 0. The summed E-state index contributed by atoms with van der Waals surface area (Å²) >= 11 is 2.21. The van der Waals surface area contributed by atoms with Crippen LogP contribution in [0.2, 0.25) is 0 Å². The van der Waals surface area contributed by atoms with Gasteiger partial charge < -0.3 is 25.7 Å². The van der Waals surface area contributed by atoms with E-state index in [1.165, 1.54) is 24.1 Å². The predicted octanol–water partition coefficient (Wildman–Crippen LogP) is -0.325. The number of carboxylic acids is 1. The Bertz CT molecular complexity index is 995. The van der Waals surface area contributed by atoms with Crippen LogP contribution in [-0.2, 0) is 28.8 Å². The monoisotopic (exact) mass is 473 g/mol. The van der Waals surface area contributed by atoms with E-state index in [-0.39, 0.29) is 40.2 Å². The van der Waals surface area contributed by atoms with E-state index in [1.807, 2.05) is 0 Å². The Morgan fingerprint density at radius 3 is 2.81 bits per heavy atom. The number of nitrogens with two attached hydrogens (primary N) is 1. The molecule has 31 heavy (non-hydrogen) atoms. The number of anilines is 1. The molecule has 0 aliphatic carbocycles. The number of ether oxygens (including phenoxy) is 1. The first-order valence-electron chi connectivity index (χ1n) is 8.56. The fourth-order valence-electron chi connectivity index (χ4n) is 2.88. The van der Waals surface area contributed by atoms with E-state index in [0.29, 0.717) is 0 Å². The summed E-state index contributed by atoms with van der Waals surface area (Å²) in [6.45, 7) is -0.370. The number of oxime groups is 1. The minimum atomic E-state index is -1.36. The zero-order valence-corrected chi connectivity index (χ0v) is 17.5. The maximum Gasteiger partial charge on any atom is 0.352 e. The van der Waals surface area contributed by atoms with Gasteiger partial charge in [0.2, 0.25) is 0 Å². The van der Waals surface area contributed by atoms with Crippen molar-refractivity contribution in [2.24, 2.45) is 5.16 Å². The normalized spacial score (nSPS) is 20.6. The number of carbonyl (C=O) groups is 4. The van der Waals surface area contributed by atoms with Crippen molar-refractivity contribution in [3.8, 4) is 0 Å². The second-order valence-electron chi connectivity index (χ2n) is 6.15. The molecule has 0 aromatic carbocycles. The third-order valence-electron chi connectivity index (χ3n) is 4.17. The molecular formula is C16H16FN5O7S2. The molecule has 4 N–H and O–H groups in total. The molecule has 0 radical (unpaired) electrons. The number of hydrogen-bond acceptors (Lipinski definition) is 11. The van der Waals surface area contributed by atoms with E-state index in [2.05, 4.69) is 20.3 Å². The van der Waals surface area contributed by atoms with E-state index in [4.69, 9.17) is 10.5 Å². The van der Waals surface area contributed by atoms with Crippen LogP contribution in [0.3, 0.4) is 0 Å². The Morgan fingerprint density at radius 1 is 1.48 bits per heavy atom. The summed E-state index contributed by atoms with van der Waals surface area (Å²) in [5, 5.41) is 16.2. The SMILES string of the molecule is CC(=O)OCC1=C(C(=O)O)N2C(=O)[C@@H](NC(=O)/C(=N\OCF)c3csc(N)n3)[C@H]2SC1. The van der Waals surface area contributed by atoms with Crippen LogP contribution in [-0.4, -0.2) is 75.1 Å². The standard InChI is InChI=1S/C16H16FN5O7S2/c1-6(23)28-2-7-3-30-14-10(13(25)22(14)11(7)15(26)27)20-12(24)9(21-29-5-17)8-4-31-16(18)19-8/h4,10,14H,2-3,5H2,1H3,(H2,18,19)(H,20,24)(H,26,27)/b21-9-/t10-,14-/m1/s1. The van der Waals surface area contributed by atoms with Crippen LogP contribution in [0.5, 0.6) is 0 Å². The lowest BCUT2D eigenvalue weighted by molar-refractivity contribution is -0.150. The molecule has 2 aliphatic rings. The van der Waals surface area contributed by atoms with Crippen LogP contribution in [0, 0.1) is 0 Å². The van der Waals surface area contributed by atoms with Gasteiger partial charge >= 0.3 is 11.9 Å². The van der Waals surface area contributed by atoms with Crippen molar-refractivity contribution in [3.63, 3.8) is 0 Å². The van der Waals surface area contributed by atoms with Gasteiger partial charge in [0.1, 0.15) is 29.4 Å². The van der Waals surface area contributed by atoms with Gasteiger partial charge in [-0.3, -0.25) is 19.3 Å². The molecule has 2 aliphatic heterocycles. The van der Waals surface area contributed by atoms with Crippen LogP contribution >= 0.6 is 23.1 Å².